The van der Waals surface area contributed by atoms with Crippen LogP contribution in [0.2, 0.25) is 0 Å². The van der Waals surface area contributed by atoms with Crippen molar-refractivity contribution in [2.24, 2.45) is 40.4 Å². The first kappa shape index (κ1) is 18.4. The molecule has 1 unspecified atom stereocenters. The van der Waals surface area contributed by atoms with Crippen LogP contribution in [0.3, 0.4) is 0 Å². The highest BCUT2D eigenvalue weighted by molar-refractivity contribution is 5.84. The first-order chi connectivity index (χ1) is 12.1. The number of Topliss-reactive ketones (excluding diaryl/α,β-unsaturated/α-hetero) is 1. The van der Waals surface area contributed by atoms with Gasteiger partial charge in [-0.15, -0.1) is 0 Å². The van der Waals surface area contributed by atoms with Gasteiger partial charge >= 0.3 is 0 Å². The molecule has 26 heavy (non-hydrogen) atoms. The summed E-state index contributed by atoms with van der Waals surface area (Å²) in [6.45, 7) is 6.09. The third-order valence-corrected chi connectivity index (χ3v) is 9.23. The number of nitrogens with zero attached hydrogens (tertiary/aromatic N) is 1. The molecule has 0 aromatic rings. The van der Waals surface area contributed by atoms with Gasteiger partial charge in [-0.05, 0) is 80.5 Å². The number of aliphatic hydroxyl groups excluding tert-OH is 1. The number of hydrogen-bond donors (Lipinski definition) is 2. The predicted molar refractivity (Wildman–Crippen MR) is 97.9 cm³/mol. The highest BCUT2D eigenvalue weighted by Crippen LogP contribution is 2.67. The van der Waals surface area contributed by atoms with Crippen LogP contribution in [0.25, 0.3) is 0 Å². The van der Waals surface area contributed by atoms with E-state index in [1.54, 1.807) is 6.92 Å². The molecule has 144 valence electrons. The number of rotatable bonds is 1. The normalized spacial score (nSPS) is 53.0. The molecule has 0 radical (unpaired) electrons. The topological polar surface area (TPSA) is 81.3 Å². The maximum absolute atomic E-state index is 13.5. The van der Waals surface area contributed by atoms with E-state index in [2.05, 4.69) is 19.9 Å². The Bertz CT molecular complexity index is 652. The molecule has 4 aliphatic rings. The molecule has 4 saturated carbocycles. The van der Waals surface area contributed by atoms with Gasteiger partial charge in [0.15, 0.2) is 5.60 Å². The lowest BCUT2D eigenvalue weighted by molar-refractivity contribution is -0.165. The molecule has 4 fully saturated rings. The van der Waals surface area contributed by atoms with Crippen molar-refractivity contribution < 1.29 is 15.0 Å². The Morgan fingerprint density at radius 2 is 1.88 bits per heavy atom. The summed E-state index contributed by atoms with van der Waals surface area (Å²) in [4.78, 5) is 13.5. The summed E-state index contributed by atoms with van der Waals surface area (Å²) in [6.07, 6.45) is 6.96. The molecular formula is C22H33NO3. The summed E-state index contributed by atoms with van der Waals surface area (Å²) in [7, 11) is 0. The van der Waals surface area contributed by atoms with Crippen molar-refractivity contribution in [3.8, 4) is 6.07 Å². The monoisotopic (exact) mass is 359 g/mol. The second-order valence-electron chi connectivity index (χ2n) is 10.5. The van der Waals surface area contributed by atoms with E-state index in [0.29, 0.717) is 30.0 Å². The minimum atomic E-state index is -1.35. The van der Waals surface area contributed by atoms with Crippen molar-refractivity contribution in [3.05, 3.63) is 0 Å². The summed E-state index contributed by atoms with van der Waals surface area (Å²) in [5, 5.41) is 30.3. The van der Waals surface area contributed by atoms with Gasteiger partial charge in [0.25, 0.3) is 0 Å². The van der Waals surface area contributed by atoms with Crippen molar-refractivity contribution in [1.29, 1.82) is 5.26 Å². The SMILES string of the molecule is CC(O)(C#N)[C@H]1CC[C@H]2[C@@H]3CC[C@H]4C[C@H](O)CC[C@]4(C)[C@H]3C(=O)C[C@]12C. The van der Waals surface area contributed by atoms with E-state index in [1.807, 2.05) is 0 Å². The molecule has 9 atom stereocenters. The van der Waals surface area contributed by atoms with E-state index >= 15 is 0 Å². The van der Waals surface area contributed by atoms with Crippen LogP contribution in [0.5, 0.6) is 0 Å². The maximum atomic E-state index is 13.5. The lowest BCUT2D eigenvalue weighted by Crippen LogP contribution is -2.58. The molecule has 0 aromatic carbocycles. The Kier molecular flexibility index (Phi) is 4.11. The van der Waals surface area contributed by atoms with Gasteiger partial charge in [-0.3, -0.25) is 4.79 Å². The van der Waals surface area contributed by atoms with Crippen LogP contribution < -0.4 is 0 Å². The fourth-order valence-corrected chi connectivity index (χ4v) is 8.05. The van der Waals surface area contributed by atoms with Crippen LogP contribution in [0.4, 0.5) is 0 Å². The average molecular weight is 360 g/mol. The Hall–Kier alpha value is -0.920. The molecule has 4 aliphatic carbocycles. The molecule has 0 heterocycles. The Morgan fingerprint density at radius 3 is 2.58 bits per heavy atom. The summed E-state index contributed by atoms with van der Waals surface area (Å²) in [5.41, 5.74) is -1.59. The van der Waals surface area contributed by atoms with Gasteiger partial charge in [-0.1, -0.05) is 13.8 Å². The highest BCUT2D eigenvalue weighted by Gasteiger charge is 2.65. The van der Waals surface area contributed by atoms with Gasteiger partial charge in [-0.2, -0.15) is 5.26 Å². The molecule has 0 amide bonds. The second kappa shape index (κ2) is 5.79. The number of aliphatic hydroxyl groups is 2. The van der Waals surface area contributed by atoms with E-state index in [-0.39, 0.29) is 28.8 Å². The van der Waals surface area contributed by atoms with E-state index < -0.39 is 5.60 Å². The van der Waals surface area contributed by atoms with Crippen LogP contribution in [0.1, 0.15) is 72.1 Å². The summed E-state index contributed by atoms with van der Waals surface area (Å²) >= 11 is 0. The first-order valence-corrected chi connectivity index (χ1v) is 10.5. The molecule has 2 N–H and O–H groups in total. The van der Waals surface area contributed by atoms with Crippen molar-refractivity contribution >= 4 is 5.78 Å². The molecule has 0 aromatic heterocycles. The Labute approximate surface area is 157 Å². The molecule has 0 aliphatic heterocycles. The molecular weight excluding hydrogens is 326 g/mol. The zero-order chi connectivity index (χ0) is 18.9. The minimum absolute atomic E-state index is 0.0242. The molecule has 0 bridgehead atoms. The van der Waals surface area contributed by atoms with Gasteiger partial charge in [0.1, 0.15) is 5.78 Å². The van der Waals surface area contributed by atoms with Crippen molar-refractivity contribution in [2.75, 3.05) is 0 Å². The standard InChI is InChI=1S/C22H33NO3/c1-20-9-8-14(24)10-13(20)4-5-15-16-6-7-18(22(3,26)12-23)21(16,2)11-17(25)19(15)20/h13-16,18-19,24,26H,4-11H2,1-3H3/t13-,14+,15-,16-,18-,19+,20-,21-,22?/m0/s1. The Morgan fingerprint density at radius 1 is 1.15 bits per heavy atom. The molecule has 0 saturated heterocycles. The number of hydrogen-bond acceptors (Lipinski definition) is 4. The third kappa shape index (κ3) is 2.36. The molecule has 4 rings (SSSR count). The smallest absolute Gasteiger partial charge is 0.151 e. The van der Waals surface area contributed by atoms with E-state index in [4.69, 9.17) is 0 Å². The van der Waals surface area contributed by atoms with Crippen LogP contribution in [-0.2, 0) is 4.79 Å². The van der Waals surface area contributed by atoms with Gasteiger partial charge in [0, 0.05) is 18.3 Å². The first-order valence-electron chi connectivity index (χ1n) is 10.5. The summed E-state index contributed by atoms with van der Waals surface area (Å²) in [6, 6.07) is 2.10. The van der Waals surface area contributed by atoms with Gasteiger partial charge < -0.3 is 10.2 Å². The summed E-state index contributed by atoms with van der Waals surface area (Å²) in [5.74, 6) is 1.63. The molecule has 4 nitrogen and oxygen atoms in total. The second-order valence-corrected chi connectivity index (χ2v) is 10.5. The van der Waals surface area contributed by atoms with Crippen LogP contribution in [-0.4, -0.2) is 27.7 Å². The number of nitriles is 1. The molecule has 4 heteroatoms. The van der Waals surface area contributed by atoms with Crippen LogP contribution in [0.15, 0.2) is 0 Å². The number of carbonyl (C=O) groups is 1. The average Bonchev–Trinajstić information content (AvgIpc) is 2.92. The lowest BCUT2D eigenvalue weighted by Gasteiger charge is -2.60. The van der Waals surface area contributed by atoms with E-state index in [1.165, 1.54) is 0 Å². The zero-order valence-corrected chi connectivity index (χ0v) is 16.4. The third-order valence-electron chi connectivity index (χ3n) is 9.23. The minimum Gasteiger partial charge on any atom is -0.393 e. The molecule has 0 spiro atoms. The number of ketones is 1. The van der Waals surface area contributed by atoms with Gasteiger partial charge in [0.2, 0.25) is 0 Å². The maximum Gasteiger partial charge on any atom is 0.151 e. The van der Waals surface area contributed by atoms with E-state index in [0.717, 1.165) is 44.9 Å². The fourth-order valence-electron chi connectivity index (χ4n) is 8.05. The number of carbonyl (C=O) groups excluding carboxylic acids is 1. The highest BCUT2D eigenvalue weighted by atomic mass is 16.3. The predicted octanol–water partition coefficient (Wildman–Crippen LogP) is 3.46. The quantitative estimate of drug-likeness (QED) is 0.703. The van der Waals surface area contributed by atoms with Crippen molar-refractivity contribution in [2.45, 2.75) is 83.8 Å². The van der Waals surface area contributed by atoms with Crippen LogP contribution in [0, 0.1) is 51.8 Å². The Balaban J connectivity index is 1.68. The number of fused-ring (bicyclic) bond motifs is 5. The zero-order valence-electron chi connectivity index (χ0n) is 16.4. The lowest BCUT2D eigenvalue weighted by atomic mass is 9.44. The van der Waals surface area contributed by atoms with Gasteiger partial charge in [-0.25, -0.2) is 0 Å². The van der Waals surface area contributed by atoms with Crippen LogP contribution >= 0.6 is 0 Å². The fraction of sp³-hybridized carbons (Fsp3) is 0.909. The van der Waals surface area contributed by atoms with Gasteiger partial charge in [0.05, 0.1) is 12.2 Å². The van der Waals surface area contributed by atoms with Crippen molar-refractivity contribution in [1.82, 2.24) is 0 Å². The largest absolute Gasteiger partial charge is 0.393 e. The van der Waals surface area contributed by atoms with Crippen molar-refractivity contribution in [3.63, 3.8) is 0 Å². The summed E-state index contributed by atoms with van der Waals surface area (Å²) < 4.78 is 0. The van der Waals surface area contributed by atoms with E-state index in [9.17, 15) is 20.3 Å².